The summed E-state index contributed by atoms with van der Waals surface area (Å²) in [6.07, 6.45) is 0. The van der Waals surface area contributed by atoms with Crippen LogP contribution in [0.4, 0.5) is 0 Å². The van der Waals surface area contributed by atoms with Crippen molar-refractivity contribution in [3.8, 4) is 0 Å². The van der Waals surface area contributed by atoms with Crippen molar-refractivity contribution < 1.29 is 9.59 Å². The molecule has 0 amide bonds. The van der Waals surface area contributed by atoms with E-state index >= 15 is 0 Å². The average molecular weight is 292 g/mol. The van der Waals surface area contributed by atoms with Crippen LogP contribution in [0.25, 0.3) is 11.1 Å². The molecule has 2 aromatic carbocycles. The van der Waals surface area contributed by atoms with E-state index in [1.54, 1.807) is 13.8 Å². The minimum atomic E-state index is 0.0738. The smallest absolute Gasteiger partial charge is 0.159 e. The van der Waals surface area contributed by atoms with Gasteiger partial charge in [-0.15, -0.1) is 0 Å². The molecule has 0 fully saturated rings. The van der Waals surface area contributed by atoms with Gasteiger partial charge in [-0.3, -0.25) is 9.59 Å². The second-order valence-corrected chi connectivity index (χ2v) is 5.52. The highest BCUT2D eigenvalue weighted by molar-refractivity contribution is 5.96. The molecule has 2 aromatic rings. The van der Waals surface area contributed by atoms with Crippen molar-refractivity contribution in [1.29, 1.82) is 0 Å². The van der Waals surface area contributed by atoms with Gasteiger partial charge < -0.3 is 0 Å². The van der Waals surface area contributed by atoms with Gasteiger partial charge in [-0.2, -0.15) is 0 Å². The molecule has 0 aliphatic heterocycles. The summed E-state index contributed by atoms with van der Waals surface area (Å²) in [4.78, 5) is 22.7. The first kappa shape index (κ1) is 15.9. The lowest BCUT2D eigenvalue weighted by molar-refractivity contribution is 0.100. The van der Waals surface area contributed by atoms with Crippen molar-refractivity contribution in [2.45, 2.75) is 27.7 Å². The van der Waals surface area contributed by atoms with E-state index in [4.69, 9.17) is 0 Å². The van der Waals surface area contributed by atoms with E-state index in [2.05, 4.69) is 13.8 Å². The number of allylic oxidation sites excluding steroid dienone is 2. The summed E-state index contributed by atoms with van der Waals surface area (Å²) in [5, 5.41) is 0. The van der Waals surface area contributed by atoms with Crippen molar-refractivity contribution in [1.82, 2.24) is 0 Å². The van der Waals surface area contributed by atoms with Crippen LogP contribution in [0.1, 0.15) is 59.5 Å². The van der Waals surface area contributed by atoms with Crippen molar-refractivity contribution in [2.75, 3.05) is 0 Å². The molecule has 0 aromatic heterocycles. The normalized spacial score (nSPS) is 11.8. The van der Waals surface area contributed by atoms with Gasteiger partial charge in [-0.25, -0.2) is 0 Å². The number of hydrogen-bond donors (Lipinski definition) is 0. The summed E-state index contributed by atoms with van der Waals surface area (Å²) in [6, 6.07) is 15.3. The summed E-state index contributed by atoms with van der Waals surface area (Å²) in [5.74, 6) is 0.148. The van der Waals surface area contributed by atoms with E-state index in [0.29, 0.717) is 0 Å². The highest BCUT2D eigenvalue weighted by Gasteiger charge is 2.06. The summed E-state index contributed by atoms with van der Waals surface area (Å²) in [5.41, 5.74) is 5.95. The Morgan fingerprint density at radius 1 is 0.500 bits per heavy atom. The molecule has 0 atom stereocenters. The van der Waals surface area contributed by atoms with Crippen LogP contribution in [0.2, 0.25) is 0 Å². The van der Waals surface area contributed by atoms with Gasteiger partial charge in [0.05, 0.1) is 0 Å². The number of carbonyl (C=O) groups is 2. The molecule has 0 spiro atoms. The maximum Gasteiger partial charge on any atom is 0.159 e. The Labute approximate surface area is 131 Å². The molecular formula is C20H20O2. The maximum atomic E-state index is 11.3. The molecule has 0 N–H and O–H groups in total. The molecule has 0 radical (unpaired) electrons. The second-order valence-electron chi connectivity index (χ2n) is 5.52. The van der Waals surface area contributed by atoms with Gasteiger partial charge in [0.1, 0.15) is 0 Å². The lowest BCUT2D eigenvalue weighted by Crippen LogP contribution is -1.94. The van der Waals surface area contributed by atoms with Crippen LogP contribution in [0.15, 0.2) is 48.5 Å². The number of Topliss-reactive ketones (excluding diaryl/α,β-unsaturated/α-hetero) is 2. The van der Waals surface area contributed by atoms with Crippen molar-refractivity contribution >= 4 is 22.7 Å². The zero-order valence-electron chi connectivity index (χ0n) is 13.4. The number of rotatable bonds is 4. The number of benzene rings is 2. The van der Waals surface area contributed by atoms with E-state index in [-0.39, 0.29) is 11.6 Å². The molecule has 0 unspecified atom stereocenters. The third-order valence-corrected chi connectivity index (χ3v) is 4.01. The fourth-order valence-corrected chi connectivity index (χ4v) is 2.34. The van der Waals surface area contributed by atoms with Gasteiger partial charge in [-0.1, -0.05) is 48.5 Å². The Bertz CT molecular complexity index is 667. The van der Waals surface area contributed by atoms with Gasteiger partial charge in [-0.05, 0) is 50.0 Å². The third kappa shape index (κ3) is 3.40. The predicted molar refractivity (Wildman–Crippen MR) is 91.1 cm³/mol. The molecule has 0 bridgehead atoms. The SMILES string of the molecule is CC(=O)c1ccc(/C(C)=C(\C)c2ccc(C(C)=O)cc2)cc1. The third-order valence-electron chi connectivity index (χ3n) is 4.01. The van der Waals surface area contributed by atoms with Gasteiger partial charge in [0, 0.05) is 11.1 Å². The van der Waals surface area contributed by atoms with Crippen LogP contribution >= 0.6 is 0 Å². The lowest BCUT2D eigenvalue weighted by Gasteiger charge is -2.10. The van der Waals surface area contributed by atoms with Crippen molar-refractivity contribution in [2.24, 2.45) is 0 Å². The Morgan fingerprint density at radius 3 is 0.955 bits per heavy atom. The summed E-state index contributed by atoms with van der Waals surface area (Å²) in [6.45, 7) is 7.27. The lowest BCUT2D eigenvalue weighted by atomic mass is 9.95. The van der Waals surface area contributed by atoms with E-state index < -0.39 is 0 Å². The highest BCUT2D eigenvalue weighted by atomic mass is 16.1. The van der Waals surface area contributed by atoms with Gasteiger partial charge in [0.25, 0.3) is 0 Å². The summed E-state index contributed by atoms with van der Waals surface area (Å²) >= 11 is 0. The molecule has 0 aliphatic rings. The standard InChI is InChI=1S/C20H20O2/c1-13(17-5-9-19(10-6-17)15(3)21)14(2)18-7-11-20(12-8-18)16(4)22/h5-12H,1-4H3/b14-13+. The Hall–Kier alpha value is -2.48. The molecule has 112 valence electrons. The molecule has 22 heavy (non-hydrogen) atoms. The topological polar surface area (TPSA) is 34.1 Å². The molecule has 0 saturated heterocycles. The average Bonchev–Trinajstić information content (AvgIpc) is 2.53. The Balaban J connectivity index is 2.35. The zero-order chi connectivity index (χ0) is 16.3. The Morgan fingerprint density at radius 2 is 0.727 bits per heavy atom. The fraction of sp³-hybridized carbons (Fsp3) is 0.200. The fourth-order valence-electron chi connectivity index (χ4n) is 2.34. The molecule has 2 heteroatoms. The van der Waals surface area contributed by atoms with Crippen LogP contribution < -0.4 is 0 Å². The van der Waals surface area contributed by atoms with E-state index in [0.717, 1.165) is 33.4 Å². The zero-order valence-corrected chi connectivity index (χ0v) is 13.4. The Kier molecular flexibility index (Phi) is 4.71. The summed E-state index contributed by atoms with van der Waals surface area (Å²) < 4.78 is 0. The first-order valence-corrected chi connectivity index (χ1v) is 7.30. The molecule has 2 rings (SSSR count). The van der Waals surface area contributed by atoms with E-state index in [1.165, 1.54) is 0 Å². The monoisotopic (exact) mass is 292 g/mol. The second kappa shape index (κ2) is 6.52. The quantitative estimate of drug-likeness (QED) is 0.584. The molecule has 0 heterocycles. The predicted octanol–water partition coefficient (Wildman–Crippen LogP) is 5.04. The maximum absolute atomic E-state index is 11.3. The molecule has 2 nitrogen and oxygen atoms in total. The van der Waals surface area contributed by atoms with Gasteiger partial charge in [0.15, 0.2) is 11.6 Å². The minimum Gasteiger partial charge on any atom is -0.295 e. The number of hydrogen-bond acceptors (Lipinski definition) is 2. The van der Waals surface area contributed by atoms with Crippen LogP contribution in [0.3, 0.4) is 0 Å². The first-order valence-electron chi connectivity index (χ1n) is 7.30. The van der Waals surface area contributed by atoms with Gasteiger partial charge >= 0.3 is 0 Å². The molecule has 0 saturated carbocycles. The van der Waals surface area contributed by atoms with E-state index in [1.807, 2.05) is 48.5 Å². The first-order chi connectivity index (χ1) is 10.4. The summed E-state index contributed by atoms with van der Waals surface area (Å²) in [7, 11) is 0. The number of ketones is 2. The molecule has 0 aliphatic carbocycles. The van der Waals surface area contributed by atoms with Crippen molar-refractivity contribution in [3.63, 3.8) is 0 Å². The van der Waals surface area contributed by atoms with Crippen LogP contribution in [0, 0.1) is 0 Å². The van der Waals surface area contributed by atoms with Gasteiger partial charge in [0.2, 0.25) is 0 Å². The van der Waals surface area contributed by atoms with Crippen LogP contribution in [0.5, 0.6) is 0 Å². The van der Waals surface area contributed by atoms with Crippen molar-refractivity contribution in [3.05, 3.63) is 70.8 Å². The van der Waals surface area contributed by atoms with Crippen LogP contribution in [-0.2, 0) is 0 Å². The van der Waals surface area contributed by atoms with Crippen LogP contribution in [-0.4, -0.2) is 11.6 Å². The molecular weight excluding hydrogens is 272 g/mol. The number of carbonyl (C=O) groups excluding carboxylic acids is 2. The largest absolute Gasteiger partial charge is 0.295 e. The van der Waals surface area contributed by atoms with E-state index in [9.17, 15) is 9.59 Å². The minimum absolute atomic E-state index is 0.0738. The highest BCUT2D eigenvalue weighted by Crippen LogP contribution is 2.26.